The van der Waals surface area contributed by atoms with Crippen LogP contribution in [0.15, 0.2) is 53.9 Å². The summed E-state index contributed by atoms with van der Waals surface area (Å²) in [7, 11) is 0. The minimum absolute atomic E-state index is 0.106. The Labute approximate surface area is 178 Å². The van der Waals surface area contributed by atoms with Crippen molar-refractivity contribution in [2.75, 3.05) is 13.2 Å². The summed E-state index contributed by atoms with van der Waals surface area (Å²) in [5, 5.41) is 5.87. The first-order valence-corrected chi connectivity index (χ1v) is 10.8. The summed E-state index contributed by atoms with van der Waals surface area (Å²) in [5.41, 5.74) is 2.26. The fourth-order valence-corrected chi connectivity index (χ4v) is 4.26. The van der Waals surface area contributed by atoms with Gasteiger partial charge in [0.1, 0.15) is 23.1 Å². The van der Waals surface area contributed by atoms with Crippen molar-refractivity contribution in [2.24, 2.45) is 0 Å². The number of carbonyl (C=O) groups excluding carboxylic acids is 1. The number of aromatic nitrogens is 1. The largest absolute Gasteiger partial charge is 0.489 e. The molecule has 7 heteroatoms. The lowest BCUT2D eigenvalue weighted by molar-refractivity contribution is 0.0854. The summed E-state index contributed by atoms with van der Waals surface area (Å²) in [6.07, 6.45) is 2.14. The number of hydrogen-bond donors (Lipinski definition) is 1. The second kappa shape index (κ2) is 9.39. The van der Waals surface area contributed by atoms with Crippen molar-refractivity contribution in [3.05, 3.63) is 70.2 Å². The van der Waals surface area contributed by atoms with E-state index in [9.17, 15) is 4.79 Å². The molecule has 0 bridgehead atoms. The lowest BCUT2D eigenvalue weighted by Crippen LogP contribution is -2.31. The van der Waals surface area contributed by atoms with Crippen LogP contribution in [0.5, 0.6) is 5.75 Å². The molecule has 1 aliphatic heterocycles. The van der Waals surface area contributed by atoms with Crippen LogP contribution in [-0.2, 0) is 11.3 Å². The fourth-order valence-electron chi connectivity index (χ4n) is 3.10. The Bertz CT molecular complexity index is 971. The van der Waals surface area contributed by atoms with Crippen molar-refractivity contribution in [3.8, 4) is 16.3 Å². The molecule has 4 rings (SSSR count). The van der Waals surface area contributed by atoms with Crippen molar-refractivity contribution >= 4 is 28.8 Å². The van der Waals surface area contributed by atoms with Gasteiger partial charge in [0, 0.05) is 24.1 Å². The zero-order valence-corrected chi connectivity index (χ0v) is 17.3. The number of rotatable bonds is 7. The molecule has 1 fully saturated rings. The maximum atomic E-state index is 12.3. The van der Waals surface area contributed by atoms with Gasteiger partial charge in [0.2, 0.25) is 0 Å². The number of hydrogen-bond acceptors (Lipinski definition) is 5. The molecule has 1 amide bonds. The van der Waals surface area contributed by atoms with Crippen LogP contribution >= 0.6 is 22.9 Å². The van der Waals surface area contributed by atoms with E-state index in [1.54, 1.807) is 11.4 Å². The van der Waals surface area contributed by atoms with Crippen molar-refractivity contribution in [1.29, 1.82) is 0 Å². The third-order valence-corrected chi connectivity index (χ3v) is 5.86. The number of nitrogens with one attached hydrogen (secondary N) is 1. The van der Waals surface area contributed by atoms with Crippen LogP contribution in [0.3, 0.4) is 0 Å². The summed E-state index contributed by atoms with van der Waals surface area (Å²) < 4.78 is 11.3. The second-order valence-electron chi connectivity index (χ2n) is 6.80. The second-order valence-corrected chi connectivity index (χ2v) is 8.06. The van der Waals surface area contributed by atoms with E-state index in [2.05, 4.69) is 10.3 Å². The lowest BCUT2D eigenvalue weighted by Gasteiger charge is -2.09. The molecular weight excluding hydrogens is 408 g/mol. The Hall–Kier alpha value is -2.41. The molecule has 1 aromatic heterocycles. The van der Waals surface area contributed by atoms with Gasteiger partial charge in [-0.05, 0) is 36.6 Å². The van der Waals surface area contributed by atoms with E-state index in [0.29, 0.717) is 34.6 Å². The smallest absolute Gasteiger partial charge is 0.270 e. The van der Waals surface area contributed by atoms with Gasteiger partial charge in [0.15, 0.2) is 0 Å². The molecule has 2 heterocycles. The number of carbonyl (C=O) groups is 1. The number of nitrogens with zero attached hydrogens (tertiary/aromatic N) is 1. The lowest BCUT2D eigenvalue weighted by atomic mass is 10.2. The van der Waals surface area contributed by atoms with Crippen molar-refractivity contribution < 1.29 is 14.3 Å². The molecule has 1 atom stereocenters. The van der Waals surface area contributed by atoms with Gasteiger partial charge in [-0.1, -0.05) is 41.9 Å². The van der Waals surface area contributed by atoms with Crippen LogP contribution < -0.4 is 10.1 Å². The minimum atomic E-state index is -0.193. The summed E-state index contributed by atoms with van der Waals surface area (Å²) in [6, 6.07) is 15.5. The van der Waals surface area contributed by atoms with E-state index in [-0.39, 0.29) is 12.0 Å². The van der Waals surface area contributed by atoms with Gasteiger partial charge in [-0.3, -0.25) is 4.79 Å². The zero-order chi connectivity index (χ0) is 20.1. The highest BCUT2D eigenvalue weighted by atomic mass is 35.5. The van der Waals surface area contributed by atoms with Gasteiger partial charge in [-0.25, -0.2) is 4.98 Å². The van der Waals surface area contributed by atoms with Crippen LogP contribution in [0.2, 0.25) is 5.02 Å². The minimum Gasteiger partial charge on any atom is -0.489 e. The topological polar surface area (TPSA) is 60.5 Å². The summed E-state index contributed by atoms with van der Waals surface area (Å²) >= 11 is 7.84. The Balaban J connectivity index is 1.38. The average molecular weight is 429 g/mol. The van der Waals surface area contributed by atoms with Gasteiger partial charge >= 0.3 is 0 Å². The first-order chi connectivity index (χ1) is 14.2. The van der Waals surface area contributed by atoms with Gasteiger partial charge in [-0.2, -0.15) is 0 Å². The Morgan fingerprint density at radius 2 is 2.14 bits per heavy atom. The molecule has 0 unspecified atom stereocenters. The molecule has 5 nitrogen and oxygen atoms in total. The summed E-state index contributed by atoms with van der Waals surface area (Å²) in [5.74, 6) is 0.496. The molecule has 2 aromatic carbocycles. The highest BCUT2D eigenvalue weighted by molar-refractivity contribution is 7.13. The maximum absolute atomic E-state index is 12.3. The van der Waals surface area contributed by atoms with E-state index in [0.717, 1.165) is 30.6 Å². The third-order valence-electron chi connectivity index (χ3n) is 4.67. The Kier molecular flexibility index (Phi) is 6.44. The Morgan fingerprint density at radius 1 is 1.28 bits per heavy atom. The van der Waals surface area contributed by atoms with Crippen molar-refractivity contribution in [2.45, 2.75) is 25.6 Å². The predicted octanol–water partition coefficient (Wildman–Crippen LogP) is 4.95. The highest BCUT2D eigenvalue weighted by Crippen LogP contribution is 2.33. The van der Waals surface area contributed by atoms with E-state index in [4.69, 9.17) is 21.1 Å². The molecule has 0 aliphatic carbocycles. The maximum Gasteiger partial charge on any atom is 0.270 e. The highest BCUT2D eigenvalue weighted by Gasteiger charge is 2.18. The summed E-state index contributed by atoms with van der Waals surface area (Å²) in [4.78, 5) is 16.8. The average Bonchev–Trinajstić information content (AvgIpc) is 3.44. The molecule has 3 aromatic rings. The molecule has 1 aliphatic rings. The molecule has 1 saturated heterocycles. The molecule has 1 N–H and O–H groups in total. The Morgan fingerprint density at radius 3 is 2.90 bits per heavy atom. The first-order valence-electron chi connectivity index (χ1n) is 9.51. The van der Waals surface area contributed by atoms with Gasteiger partial charge in [0.05, 0.1) is 11.1 Å². The first kappa shape index (κ1) is 19.9. The number of halogens is 1. The van der Waals surface area contributed by atoms with Gasteiger partial charge in [-0.15, -0.1) is 11.3 Å². The van der Waals surface area contributed by atoms with Gasteiger partial charge in [0.25, 0.3) is 5.91 Å². The molecule has 0 radical (unpaired) electrons. The number of thiazole rings is 1. The van der Waals surface area contributed by atoms with E-state index in [1.807, 2.05) is 42.5 Å². The molecule has 0 spiro atoms. The zero-order valence-electron chi connectivity index (χ0n) is 15.8. The normalized spacial score (nSPS) is 16.0. The van der Waals surface area contributed by atoms with Crippen molar-refractivity contribution in [1.82, 2.24) is 10.3 Å². The van der Waals surface area contributed by atoms with Crippen LogP contribution in [0.25, 0.3) is 10.6 Å². The molecule has 29 heavy (non-hydrogen) atoms. The third kappa shape index (κ3) is 5.15. The molecular formula is C22H21ClN2O3S. The van der Waals surface area contributed by atoms with Crippen LogP contribution in [-0.4, -0.2) is 30.1 Å². The molecule has 150 valence electrons. The SMILES string of the molecule is O=C(NC[C@H]1CCCO1)c1csc(-c2ccc(OCc3ccccc3)cc2Cl)n1. The standard InChI is InChI=1S/C22H21ClN2O3S/c23-19-11-16(28-13-15-5-2-1-3-6-15)8-9-18(19)22-25-20(14-29-22)21(26)24-12-17-7-4-10-27-17/h1-3,5-6,8-9,11,14,17H,4,7,10,12-13H2,(H,24,26)/t17-/m1/s1. The monoisotopic (exact) mass is 428 g/mol. The van der Waals surface area contributed by atoms with Crippen LogP contribution in [0.4, 0.5) is 0 Å². The molecule has 0 saturated carbocycles. The number of benzene rings is 2. The number of ether oxygens (including phenoxy) is 2. The van der Waals surface area contributed by atoms with Gasteiger partial charge < -0.3 is 14.8 Å². The van der Waals surface area contributed by atoms with Crippen LogP contribution in [0, 0.1) is 0 Å². The van der Waals surface area contributed by atoms with E-state index < -0.39 is 0 Å². The summed E-state index contributed by atoms with van der Waals surface area (Å²) in [6.45, 7) is 1.76. The van der Waals surface area contributed by atoms with E-state index in [1.165, 1.54) is 11.3 Å². The van der Waals surface area contributed by atoms with E-state index >= 15 is 0 Å². The van der Waals surface area contributed by atoms with Crippen molar-refractivity contribution in [3.63, 3.8) is 0 Å². The van der Waals surface area contributed by atoms with Crippen LogP contribution in [0.1, 0.15) is 28.9 Å². The quantitative estimate of drug-likeness (QED) is 0.578. The fraction of sp³-hybridized carbons (Fsp3) is 0.273. The number of amides is 1. The predicted molar refractivity (Wildman–Crippen MR) is 115 cm³/mol.